The van der Waals surface area contributed by atoms with E-state index < -0.39 is 4.92 Å². The fourth-order valence-corrected chi connectivity index (χ4v) is 2.07. The van der Waals surface area contributed by atoms with Crippen molar-refractivity contribution < 1.29 is 4.92 Å². The molecule has 1 N–H and O–H groups in total. The first kappa shape index (κ1) is 14.0. The summed E-state index contributed by atoms with van der Waals surface area (Å²) in [5.74, 6) is 0.457. The van der Waals surface area contributed by atoms with Crippen LogP contribution in [0.3, 0.4) is 0 Å². The minimum absolute atomic E-state index is 0.0449. The predicted molar refractivity (Wildman–Crippen MR) is 74.7 cm³/mol. The molecule has 0 bridgehead atoms. The molecule has 0 fully saturated rings. The third-order valence-electron chi connectivity index (χ3n) is 2.97. The van der Waals surface area contributed by atoms with E-state index in [0.29, 0.717) is 31.1 Å². The number of nitrogens with one attached hydrogen (secondary N) is 1. The number of aryl methyl sites for hydroxylation is 3. The summed E-state index contributed by atoms with van der Waals surface area (Å²) in [6.07, 6.45) is 3.71. The standard InChI is InChI=1S/C12H18N6O2/c1-4-17-12(11(18(19)20)10(3)15-17)13-5-6-16-8-9(2)7-14-16/h7-8,13H,4-6H2,1-3H3. The van der Waals surface area contributed by atoms with E-state index in [1.807, 2.05) is 20.0 Å². The quantitative estimate of drug-likeness (QED) is 0.642. The summed E-state index contributed by atoms with van der Waals surface area (Å²) in [4.78, 5) is 10.7. The lowest BCUT2D eigenvalue weighted by Crippen LogP contribution is -2.14. The second-order valence-electron chi connectivity index (χ2n) is 4.56. The first-order valence-corrected chi connectivity index (χ1v) is 6.47. The smallest absolute Gasteiger partial charge is 0.333 e. The number of aromatic nitrogens is 4. The average molecular weight is 278 g/mol. The van der Waals surface area contributed by atoms with E-state index in [-0.39, 0.29) is 5.69 Å². The zero-order chi connectivity index (χ0) is 14.7. The van der Waals surface area contributed by atoms with Gasteiger partial charge in [0.25, 0.3) is 0 Å². The molecule has 8 heteroatoms. The number of rotatable bonds is 6. The lowest BCUT2D eigenvalue weighted by Gasteiger charge is -2.07. The average Bonchev–Trinajstić information content (AvgIpc) is 2.93. The van der Waals surface area contributed by atoms with Crippen LogP contribution in [0.5, 0.6) is 0 Å². The van der Waals surface area contributed by atoms with E-state index in [4.69, 9.17) is 0 Å². The molecule has 0 aliphatic heterocycles. The lowest BCUT2D eigenvalue weighted by molar-refractivity contribution is -0.384. The second kappa shape index (κ2) is 5.72. The van der Waals surface area contributed by atoms with Gasteiger partial charge in [-0.3, -0.25) is 14.8 Å². The third kappa shape index (κ3) is 2.79. The second-order valence-corrected chi connectivity index (χ2v) is 4.56. The Morgan fingerprint density at radius 1 is 1.45 bits per heavy atom. The molecule has 20 heavy (non-hydrogen) atoms. The topological polar surface area (TPSA) is 90.8 Å². The van der Waals surface area contributed by atoms with Crippen LogP contribution in [-0.2, 0) is 13.1 Å². The van der Waals surface area contributed by atoms with Gasteiger partial charge < -0.3 is 5.32 Å². The Bertz CT molecular complexity index is 615. The molecule has 2 heterocycles. The van der Waals surface area contributed by atoms with Crippen molar-refractivity contribution in [2.45, 2.75) is 33.9 Å². The predicted octanol–water partition coefficient (Wildman–Crippen LogP) is 1.74. The van der Waals surface area contributed by atoms with E-state index >= 15 is 0 Å². The summed E-state index contributed by atoms with van der Waals surface area (Å²) >= 11 is 0. The van der Waals surface area contributed by atoms with Gasteiger partial charge in [0.1, 0.15) is 5.69 Å². The van der Waals surface area contributed by atoms with Crippen LogP contribution < -0.4 is 5.32 Å². The van der Waals surface area contributed by atoms with Crippen molar-refractivity contribution in [2.75, 3.05) is 11.9 Å². The molecule has 0 amide bonds. The third-order valence-corrected chi connectivity index (χ3v) is 2.97. The highest BCUT2D eigenvalue weighted by Gasteiger charge is 2.24. The molecule has 0 saturated heterocycles. The van der Waals surface area contributed by atoms with Crippen molar-refractivity contribution in [2.24, 2.45) is 0 Å². The Hall–Kier alpha value is -2.38. The van der Waals surface area contributed by atoms with Crippen LogP contribution in [-0.4, -0.2) is 31.0 Å². The van der Waals surface area contributed by atoms with Crippen molar-refractivity contribution in [3.63, 3.8) is 0 Å². The van der Waals surface area contributed by atoms with Gasteiger partial charge in [-0.15, -0.1) is 0 Å². The lowest BCUT2D eigenvalue weighted by atomic mass is 10.4. The Morgan fingerprint density at radius 2 is 2.20 bits per heavy atom. The molecule has 0 saturated carbocycles. The number of anilines is 1. The maximum Gasteiger partial charge on any atom is 0.333 e. The SMILES string of the molecule is CCn1nc(C)c([N+](=O)[O-])c1NCCn1cc(C)cn1. The maximum atomic E-state index is 11.1. The van der Waals surface area contributed by atoms with E-state index in [0.717, 1.165) is 5.56 Å². The molecular formula is C12H18N6O2. The molecule has 0 unspecified atom stereocenters. The monoisotopic (exact) mass is 278 g/mol. The zero-order valence-corrected chi connectivity index (χ0v) is 11.8. The zero-order valence-electron chi connectivity index (χ0n) is 11.8. The summed E-state index contributed by atoms with van der Waals surface area (Å²) in [5, 5.41) is 22.5. The van der Waals surface area contributed by atoms with E-state index in [2.05, 4.69) is 15.5 Å². The van der Waals surface area contributed by atoms with Crippen LogP contribution >= 0.6 is 0 Å². The molecule has 8 nitrogen and oxygen atoms in total. The number of hydrogen-bond donors (Lipinski definition) is 1. The van der Waals surface area contributed by atoms with Gasteiger partial charge in [-0.25, -0.2) is 4.68 Å². The normalized spacial score (nSPS) is 10.8. The van der Waals surface area contributed by atoms with Crippen molar-refractivity contribution in [3.8, 4) is 0 Å². The van der Waals surface area contributed by atoms with Crippen LogP contribution in [0.4, 0.5) is 11.5 Å². The first-order chi connectivity index (χ1) is 9.52. The largest absolute Gasteiger partial charge is 0.363 e. The Labute approximate surface area is 116 Å². The van der Waals surface area contributed by atoms with Crippen molar-refractivity contribution in [3.05, 3.63) is 33.8 Å². The number of hydrogen-bond acceptors (Lipinski definition) is 5. The fourth-order valence-electron chi connectivity index (χ4n) is 2.07. The Morgan fingerprint density at radius 3 is 2.75 bits per heavy atom. The molecule has 0 atom stereocenters. The van der Waals surface area contributed by atoms with E-state index in [9.17, 15) is 10.1 Å². The highest BCUT2D eigenvalue weighted by atomic mass is 16.6. The highest BCUT2D eigenvalue weighted by Crippen LogP contribution is 2.27. The highest BCUT2D eigenvalue weighted by molar-refractivity contribution is 5.59. The minimum atomic E-state index is -0.394. The fraction of sp³-hybridized carbons (Fsp3) is 0.500. The van der Waals surface area contributed by atoms with Crippen LogP contribution in [0.15, 0.2) is 12.4 Å². The van der Waals surface area contributed by atoms with Gasteiger partial charge >= 0.3 is 5.69 Å². The first-order valence-electron chi connectivity index (χ1n) is 6.47. The van der Waals surface area contributed by atoms with Gasteiger partial charge in [-0.05, 0) is 26.3 Å². The number of nitro groups is 1. The molecule has 0 aromatic carbocycles. The van der Waals surface area contributed by atoms with E-state index in [1.165, 1.54) is 0 Å². The summed E-state index contributed by atoms with van der Waals surface area (Å²) in [6, 6.07) is 0. The minimum Gasteiger partial charge on any atom is -0.363 e. The molecule has 2 rings (SSSR count). The molecule has 108 valence electrons. The molecule has 0 spiro atoms. The van der Waals surface area contributed by atoms with Gasteiger partial charge in [0.2, 0.25) is 5.82 Å². The summed E-state index contributed by atoms with van der Waals surface area (Å²) in [6.45, 7) is 7.28. The van der Waals surface area contributed by atoms with Crippen molar-refractivity contribution in [1.82, 2.24) is 19.6 Å². The summed E-state index contributed by atoms with van der Waals surface area (Å²) < 4.78 is 3.41. The summed E-state index contributed by atoms with van der Waals surface area (Å²) in [5.41, 5.74) is 1.56. The van der Waals surface area contributed by atoms with Crippen molar-refractivity contribution in [1.29, 1.82) is 0 Å². The molecule has 2 aromatic rings. The van der Waals surface area contributed by atoms with Crippen LogP contribution in [0.1, 0.15) is 18.2 Å². The van der Waals surface area contributed by atoms with Gasteiger partial charge in [0, 0.05) is 19.3 Å². The number of nitrogens with zero attached hydrogens (tertiary/aromatic N) is 5. The van der Waals surface area contributed by atoms with Crippen LogP contribution in [0.2, 0.25) is 0 Å². The Kier molecular flexibility index (Phi) is 4.02. The molecule has 0 radical (unpaired) electrons. The van der Waals surface area contributed by atoms with Gasteiger partial charge in [0.05, 0.1) is 17.7 Å². The van der Waals surface area contributed by atoms with Gasteiger partial charge in [-0.2, -0.15) is 10.2 Å². The molecule has 0 aliphatic rings. The molecule has 2 aromatic heterocycles. The Balaban J connectivity index is 2.10. The molecule has 0 aliphatic carbocycles. The van der Waals surface area contributed by atoms with E-state index in [1.54, 1.807) is 22.5 Å². The molecular weight excluding hydrogens is 260 g/mol. The van der Waals surface area contributed by atoms with Crippen LogP contribution in [0, 0.1) is 24.0 Å². The van der Waals surface area contributed by atoms with Gasteiger partial charge in [0.15, 0.2) is 0 Å². The van der Waals surface area contributed by atoms with Crippen molar-refractivity contribution >= 4 is 11.5 Å². The maximum absolute atomic E-state index is 11.1. The summed E-state index contributed by atoms with van der Waals surface area (Å²) in [7, 11) is 0. The van der Waals surface area contributed by atoms with Gasteiger partial charge in [-0.1, -0.05) is 0 Å². The van der Waals surface area contributed by atoms with Crippen LogP contribution in [0.25, 0.3) is 0 Å².